The van der Waals surface area contributed by atoms with Gasteiger partial charge in [-0.3, -0.25) is 4.79 Å². The number of carbonyl (C=O) groups excluding carboxylic acids is 1. The van der Waals surface area contributed by atoms with Gasteiger partial charge in [0.25, 0.3) is 5.91 Å². The van der Waals surface area contributed by atoms with Crippen molar-refractivity contribution < 1.29 is 9.53 Å². The predicted molar refractivity (Wildman–Crippen MR) is 116 cm³/mol. The topological polar surface area (TPSA) is 62.4 Å². The zero-order valence-electron chi connectivity index (χ0n) is 16.6. The fraction of sp³-hybridized carbons (Fsp3) is 0.273. The summed E-state index contributed by atoms with van der Waals surface area (Å²) in [6.45, 7) is 8.41. The Labute approximate surface area is 171 Å². The lowest BCUT2D eigenvalue weighted by molar-refractivity contribution is -0.113. The molecule has 1 aliphatic heterocycles. The number of carbonyl (C=O) groups is 1. The maximum atomic E-state index is 13.2. The van der Waals surface area contributed by atoms with Crippen LogP contribution in [0.4, 0.5) is 5.69 Å². The van der Waals surface area contributed by atoms with Crippen LogP contribution < -0.4 is 20.7 Å². The average Bonchev–Trinajstić information content (AvgIpc) is 2.65. The SMILES string of the molecule is CCOc1ccc(C2NC(=S)NC(C)=C2C(=O)Nc2cc(C)ccc2C)cc1. The molecule has 0 radical (unpaired) electrons. The van der Waals surface area contributed by atoms with Gasteiger partial charge in [0.05, 0.1) is 18.2 Å². The van der Waals surface area contributed by atoms with Crippen LogP contribution in [0.1, 0.15) is 36.6 Å². The molecule has 0 aromatic heterocycles. The minimum Gasteiger partial charge on any atom is -0.494 e. The van der Waals surface area contributed by atoms with Crippen LogP contribution in [0.25, 0.3) is 0 Å². The number of anilines is 1. The highest BCUT2D eigenvalue weighted by Crippen LogP contribution is 2.29. The first-order valence-electron chi connectivity index (χ1n) is 9.28. The fourth-order valence-corrected chi connectivity index (χ4v) is 3.50. The van der Waals surface area contributed by atoms with Crippen LogP contribution in [0, 0.1) is 13.8 Å². The van der Waals surface area contributed by atoms with Crippen LogP contribution in [0.3, 0.4) is 0 Å². The average molecular weight is 396 g/mol. The van der Waals surface area contributed by atoms with Crippen molar-refractivity contribution in [3.05, 3.63) is 70.4 Å². The first kappa shape index (κ1) is 19.9. The Balaban J connectivity index is 1.92. The van der Waals surface area contributed by atoms with E-state index in [2.05, 4.69) is 16.0 Å². The molecule has 3 N–H and O–H groups in total. The van der Waals surface area contributed by atoms with E-state index in [0.717, 1.165) is 33.8 Å². The number of benzene rings is 2. The minimum atomic E-state index is -0.338. The van der Waals surface area contributed by atoms with E-state index >= 15 is 0 Å². The summed E-state index contributed by atoms with van der Waals surface area (Å²) in [5.74, 6) is 0.637. The quantitative estimate of drug-likeness (QED) is 0.665. The molecule has 1 aliphatic rings. The van der Waals surface area contributed by atoms with E-state index in [1.165, 1.54) is 0 Å². The summed E-state index contributed by atoms with van der Waals surface area (Å²) in [5.41, 5.74) is 5.21. The van der Waals surface area contributed by atoms with Gasteiger partial charge in [-0.2, -0.15) is 0 Å². The number of ether oxygens (including phenoxy) is 1. The Kier molecular flexibility index (Phi) is 5.99. The molecule has 0 saturated heterocycles. The van der Waals surface area contributed by atoms with Gasteiger partial charge >= 0.3 is 0 Å². The first-order valence-corrected chi connectivity index (χ1v) is 9.69. The molecular formula is C22H25N3O2S. The number of nitrogens with one attached hydrogen (secondary N) is 3. The number of hydrogen-bond donors (Lipinski definition) is 3. The van der Waals surface area contributed by atoms with Gasteiger partial charge in [0, 0.05) is 11.4 Å². The van der Waals surface area contributed by atoms with Crippen molar-refractivity contribution in [2.24, 2.45) is 0 Å². The van der Waals surface area contributed by atoms with E-state index in [9.17, 15) is 4.79 Å². The van der Waals surface area contributed by atoms with E-state index in [4.69, 9.17) is 17.0 Å². The molecule has 6 heteroatoms. The number of allylic oxidation sites excluding steroid dienone is 1. The Morgan fingerprint density at radius 3 is 2.54 bits per heavy atom. The molecular weight excluding hydrogens is 370 g/mol. The summed E-state index contributed by atoms with van der Waals surface area (Å²) in [4.78, 5) is 13.2. The maximum absolute atomic E-state index is 13.2. The standard InChI is InChI=1S/C22H25N3O2S/c1-5-27-17-10-8-16(9-11-17)20-19(15(4)23-22(28)25-20)21(26)24-18-12-13(2)6-7-14(18)3/h6-12,20H,5H2,1-4H3,(H,24,26)(H2,23,25,28). The predicted octanol–water partition coefficient (Wildman–Crippen LogP) is 4.13. The second-order valence-electron chi connectivity index (χ2n) is 6.84. The molecule has 1 unspecified atom stereocenters. The van der Waals surface area contributed by atoms with Crippen molar-refractivity contribution in [1.82, 2.24) is 10.6 Å². The van der Waals surface area contributed by atoms with Crippen LogP contribution in [-0.4, -0.2) is 17.6 Å². The van der Waals surface area contributed by atoms with Crippen LogP contribution in [0.5, 0.6) is 5.75 Å². The Morgan fingerprint density at radius 2 is 1.86 bits per heavy atom. The summed E-state index contributed by atoms with van der Waals surface area (Å²) in [7, 11) is 0. The maximum Gasteiger partial charge on any atom is 0.255 e. The number of amides is 1. The molecule has 0 fully saturated rings. The second kappa shape index (κ2) is 8.44. The van der Waals surface area contributed by atoms with Gasteiger partial charge < -0.3 is 20.7 Å². The van der Waals surface area contributed by atoms with Gasteiger partial charge in [-0.15, -0.1) is 0 Å². The molecule has 146 valence electrons. The van der Waals surface area contributed by atoms with Gasteiger partial charge in [-0.25, -0.2) is 0 Å². The van der Waals surface area contributed by atoms with Crippen molar-refractivity contribution in [3.63, 3.8) is 0 Å². The summed E-state index contributed by atoms with van der Waals surface area (Å²) < 4.78 is 5.52. The van der Waals surface area contributed by atoms with Gasteiger partial charge in [0.1, 0.15) is 5.75 Å². The van der Waals surface area contributed by atoms with Crippen molar-refractivity contribution in [2.75, 3.05) is 11.9 Å². The highest BCUT2D eigenvalue weighted by Gasteiger charge is 2.30. The zero-order valence-corrected chi connectivity index (χ0v) is 17.4. The number of rotatable bonds is 5. The summed E-state index contributed by atoms with van der Waals surface area (Å²) in [6, 6.07) is 13.4. The van der Waals surface area contributed by atoms with Crippen LogP contribution in [-0.2, 0) is 4.79 Å². The summed E-state index contributed by atoms with van der Waals surface area (Å²) in [5, 5.41) is 9.84. The van der Waals surface area contributed by atoms with Crippen molar-refractivity contribution in [1.29, 1.82) is 0 Å². The first-order chi connectivity index (χ1) is 13.4. The second-order valence-corrected chi connectivity index (χ2v) is 7.25. The Bertz CT molecular complexity index is 935. The molecule has 0 saturated carbocycles. The van der Waals surface area contributed by atoms with E-state index in [1.807, 2.05) is 70.2 Å². The highest BCUT2D eigenvalue weighted by molar-refractivity contribution is 7.80. The van der Waals surface area contributed by atoms with Gasteiger partial charge in [-0.1, -0.05) is 24.3 Å². The zero-order chi connectivity index (χ0) is 20.3. The number of thiocarbonyl (C=S) groups is 1. The third-order valence-corrected chi connectivity index (χ3v) is 4.90. The fourth-order valence-electron chi connectivity index (χ4n) is 3.23. The molecule has 0 bridgehead atoms. The minimum absolute atomic E-state index is 0.160. The normalized spacial score (nSPS) is 16.3. The van der Waals surface area contributed by atoms with Crippen LogP contribution >= 0.6 is 12.2 Å². The Morgan fingerprint density at radius 1 is 1.14 bits per heavy atom. The van der Waals surface area contributed by atoms with E-state index in [0.29, 0.717) is 17.3 Å². The van der Waals surface area contributed by atoms with Crippen LogP contribution in [0.2, 0.25) is 0 Å². The molecule has 5 nitrogen and oxygen atoms in total. The van der Waals surface area contributed by atoms with Gasteiger partial charge in [0.2, 0.25) is 0 Å². The lowest BCUT2D eigenvalue weighted by atomic mass is 9.94. The smallest absolute Gasteiger partial charge is 0.255 e. The third-order valence-electron chi connectivity index (χ3n) is 4.68. The summed E-state index contributed by atoms with van der Waals surface area (Å²) in [6.07, 6.45) is 0. The van der Waals surface area contributed by atoms with Crippen LogP contribution in [0.15, 0.2) is 53.7 Å². The molecule has 0 aliphatic carbocycles. The van der Waals surface area contributed by atoms with Crippen molar-refractivity contribution >= 4 is 28.9 Å². The monoisotopic (exact) mass is 395 g/mol. The largest absolute Gasteiger partial charge is 0.494 e. The lowest BCUT2D eigenvalue weighted by Crippen LogP contribution is -2.45. The molecule has 1 atom stereocenters. The molecule has 2 aromatic carbocycles. The molecule has 1 amide bonds. The number of hydrogen-bond acceptors (Lipinski definition) is 3. The van der Waals surface area contributed by atoms with Crippen molar-refractivity contribution in [2.45, 2.75) is 33.7 Å². The molecule has 0 spiro atoms. The van der Waals surface area contributed by atoms with Gasteiger partial charge in [-0.05, 0) is 74.8 Å². The summed E-state index contributed by atoms with van der Waals surface area (Å²) >= 11 is 5.32. The molecule has 1 heterocycles. The molecule has 3 rings (SSSR count). The third kappa shape index (κ3) is 4.34. The molecule has 2 aromatic rings. The van der Waals surface area contributed by atoms with E-state index in [-0.39, 0.29) is 11.9 Å². The van der Waals surface area contributed by atoms with Crippen molar-refractivity contribution in [3.8, 4) is 5.75 Å². The van der Waals surface area contributed by atoms with E-state index < -0.39 is 0 Å². The van der Waals surface area contributed by atoms with Gasteiger partial charge in [0.15, 0.2) is 5.11 Å². The Hall–Kier alpha value is -2.86. The lowest BCUT2D eigenvalue weighted by Gasteiger charge is -2.30. The molecule has 28 heavy (non-hydrogen) atoms. The van der Waals surface area contributed by atoms with E-state index in [1.54, 1.807) is 0 Å². The highest BCUT2D eigenvalue weighted by atomic mass is 32.1. The number of aryl methyl sites for hydroxylation is 2.